The van der Waals surface area contributed by atoms with Gasteiger partial charge < -0.3 is 0 Å². The van der Waals surface area contributed by atoms with E-state index in [0.717, 1.165) is 0 Å². The number of hydrogen-bond donors (Lipinski definition) is 0. The van der Waals surface area contributed by atoms with E-state index in [-0.39, 0.29) is 6.92 Å². The molecule has 0 bridgehead atoms. The van der Waals surface area contributed by atoms with Crippen LogP contribution in [-0.4, -0.2) is 22.6 Å². The number of halogens is 7. The number of alkyl halides is 7. The molecule has 0 heterocycles. The van der Waals surface area contributed by atoms with Gasteiger partial charge in [-0.1, -0.05) is 0 Å². The molecule has 7 heteroatoms. The molecule has 0 aromatic heterocycles. The van der Waals surface area contributed by atoms with E-state index in [9.17, 15) is 26.3 Å². The summed E-state index contributed by atoms with van der Waals surface area (Å²) < 4.78 is 72.9. The molecule has 1 saturated carbocycles. The van der Waals surface area contributed by atoms with Crippen molar-refractivity contribution in [2.24, 2.45) is 0 Å². The number of rotatable bonds is 0. The molecule has 0 nitrogen and oxygen atoms in total. The zero-order valence-corrected chi connectivity index (χ0v) is 6.40. The molecule has 0 amide bonds. The predicted octanol–water partition coefficient (Wildman–Crippen LogP) is 2.90. The maximum atomic E-state index is 12.2. The molecule has 0 atom stereocenters. The van der Waals surface area contributed by atoms with Gasteiger partial charge in [0.25, 0.3) is 0 Å². The maximum absolute atomic E-state index is 12.2. The Labute approximate surface area is 68.5 Å². The van der Waals surface area contributed by atoms with Crippen molar-refractivity contribution in [3.8, 4) is 0 Å². The third-order valence-corrected chi connectivity index (χ3v) is 2.44. The van der Waals surface area contributed by atoms with Gasteiger partial charge in [0.1, 0.15) is 0 Å². The second-order valence-electron chi connectivity index (χ2n) is 2.73. The van der Waals surface area contributed by atoms with Crippen molar-refractivity contribution in [3.63, 3.8) is 0 Å². The lowest BCUT2D eigenvalue weighted by molar-refractivity contribution is -0.418. The molecule has 0 unspecified atom stereocenters. The van der Waals surface area contributed by atoms with E-state index in [2.05, 4.69) is 11.6 Å². The maximum Gasteiger partial charge on any atom is 0.376 e. The standard InChI is InChI=1S/C5H3ClF6/c1-2(6)3(7,8)5(11,12)4(2,9)10/h1H3. The normalized spacial score (nSPS) is 34.0. The lowest BCUT2D eigenvalue weighted by Gasteiger charge is -2.53. The summed E-state index contributed by atoms with van der Waals surface area (Å²) in [5.41, 5.74) is 0. The summed E-state index contributed by atoms with van der Waals surface area (Å²) in [4.78, 5) is -3.50. The third-order valence-electron chi connectivity index (χ3n) is 1.97. The van der Waals surface area contributed by atoms with Crippen LogP contribution >= 0.6 is 11.6 Å². The molecule has 72 valence electrons. The van der Waals surface area contributed by atoms with Crippen molar-refractivity contribution >= 4 is 11.6 Å². The van der Waals surface area contributed by atoms with Crippen molar-refractivity contribution < 1.29 is 26.3 Å². The molecule has 0 spiro atoms. The van der Waals surface area contributed by atoms with Crippen LogP contribution in [0.5, 0.6) is 0 Å². The van der Waals surface area contributed by atoms with E-state index in [1.54, 1.807) is 0 Å². The van der Waals surface area contributed by atoms with Gasteiger partial charge in [-0.15, -0.1) is 11.6 Å². The average Bonchev–Trinajstić information content (AvgIpc) is 1.84. The van der Waals surface area contributed by atoms with E-state index in [0.29, 0.717) is 0 Å². The zero-order valence-electron chi connectivity index (χ0n) is 5.65. The van der Waals surface area contributed by atoms with Crippen LogP contribution in [0.2, 0.25) is 0 Å². The van der Waals surface area contributed by atoms with Crippen LogP contribution < -0.4 is 0 Å². The van der Waals surface area contributed by atoms with Crippen LogP contribution in [-0.2, 0) is 0 Å². The zero-order chi connectivity index (χ0) is 10.0. The van der Waals surface area contributed by atoms with Crippen molar-refractivity contribution in [1.29, 1.82) is 0 Å². The molecule has 0 aromatic carbocycles. The quantitative estimate of drug-likeness (QED) is 0.428. The smallest absolute Gasteiger partial charge is 0.197 e. The van der Waals surface area contributed by atoms with E-state index < -0.39 is 22.6 Å². The molecule has 1 fully saturated rings. The Hall–Kier alpha value is -0.130. The SMILES string of the molecule is CC1(Cl)C(F)(F)C(F)(F)C1(F)F. The average molecular weight is 213 g/mol. The van der Waals surface area contributed by atoms with Crippen molar-refractivity contribution in [1.82, 2.24) is 0 Å². The van der Waals surface area contributed by atoms with Gasteiger partial charge >= 0.3 is 17.8 Å². The van der Waals surface area contributed by atoms with Gasteiger partial charge in [0.15, 0.2) is 4.87 Å². The fourth-order valence-corrected chi connectivity index (χ4v) is 1.16. The van der Waals surface area contributed by atoms with Gasteiger partial charge in [0.05, 0.1) is 0 Å². The Morgan fingerprint density at radius 2 is 1.00 bits per heavy atom. The van der Waals surface area contributed by atoms with Gasteiger partial charge in [-0.05, 0) is 6.92 Å². The van der Waals surface area contributed by atoms with Gasteiger partial charge in [-0.2, -0.15) is 26.3 Å². The molecular formula is C5H3ClF6. The fourth-order valence-electron chi connectivity index (χ4n) is 0.921. The van der Waals surface area contributed by atoms with E-state index >= 15 is 0 Å². The molecule has 1 rings (SSSR count). The van der Waals surface area contributed by atoms with Crippen molar-refractivity contribution in [2.45, 2.75) is 29.6 Å². The van der Waals surface area contributed by atoms with Crippen molar-refractivity contribution in [2.75, 3.05) is 0 Å². The molecular weight excluding hydrogens is 209 g/mol. The monoisotopic (exact) mass is 212 g/mol. The van der Waals surface area contributed by atoms with Crippen molar-refractivity contribution in [3.05, 3.63) is 0 Å². The van der Waals surface area contributed by atoms with Crippen LogP contribution in [0.25, 0.3) is 0 Å². The number of hydrogen-bond acceptors (Lipinski definition) is 0. The van der Waals surface area contributed by atoms with E-state index in [4.69, 9.17) is 0 Å². The molecule has 0 saturated heterocycles. The first-order valence-electron chi connectivity index (χ1n) is 2.82. The molecule has 1 aliphatic carbocycles. The lowest BCUT2D eigenvalue weighted by Crippen LogP contribution is -2.82. The Kier molecular flexibility index (Phi) is 1.54. The van der Waals surface area contributed by atoms with Gasteiger partial charge in [0.2, 0.25) is 0 Å². The Morgan fingerprint density at radius 1 is 0.750 bits per heavy atom. The van der Waals surface area contributed by atoms with Crippen LogP contribution in [0.4, 0.5) is 26.3 Å². The highest BCUT2D eigenvalue weighted by Gasteiger charge is 2.96. The van der Waals surface area contributed by atoms with Crippen LogP contribution in [0.1, 0.15) is 6.92 Å². The first kappa shape index (κ1) is 9.95. The molecule has 1 aliphatic rings. The van der Waals surface area contributed by atoms with Crippen LogP contribution in [0.15, 0.2) is 0 Å². The summed E-state index contributed by atoms with van der Waals surface area (Å²) in [6.45, 7) is 0.186. The molecule has 0 radical (unpaired) electrons. The van der Waals surface area contributed by atoms with Crippen LogP contribution in [0, 0.1) is 0 Å². The summed E-state index contributed by atoms with van der Waals surface area (Å²) in [7, 11) is 0. The highest BCUT2D eigenvalue weighted by atomic mass is 35.5. The van der Waals surface area contributed by atoms with Crippen LogP contribution in [0.3, 0.4) is 0 Å². The summed E-state index contributed by atoms with van der Waals surface area (Å²) in [5.74, 6) is -15.1. The minimum atomic E-state index is -5.35. The highest BCUT2D eigenvalue weighted by molar-refractivity contribution is 6.26. The molecule has 0 aliphatic heterocycles. The second-order valence-corrected chi connectivity index (χ2v) is 3.48. The predicted molar refractivity (Wildman–Crippen MR) is 29.1 cm³/mol. The Bertz CT molecular complexity index is 156. The van der Waals surface area contributed by atoms with Gasteiger partial charge in [0, 0.05) is 0 Å². The Morgan fingerprint density at radius 3 is 1.08 bits per heavy atom. The first-order chi connectivity index (χ1) is 5.00. The summed E-state index contributed by atoms with van der Waals surface area (Å²) in [6.07, 6.45) is 0. The topological polar surface area (TPSA) is 0 Å². The second kappa shape index (κ2) is 1.86. The van der Waals surface area contributed by atoms with Gasteiger partial charge in [-0.25, -0.2) is 0 Å². The van der Waals surface area contributed by atoms with E-state index in [1.807, 2.05) is 0 Å². The molecule has 12 heavy (non-hydrogen) atoms. The largest absolute Gasteiger partial charge is 0.376 e. The van der Waals surface area contributed by atoms with E-state index in [1.165, 1.54) is 0 Å². The molecule has 0 aromatic rings. The molecule has 0 N–H and O–H groups in total. The highest BCUT2D eigenvalue weighted by Crippen LogP contribution is 2.69. The minimum absolute atomic E-state index is 0.186. The minimum Gasteiger partial charge on any atom is -0.197 e. The Balaban J connectivity index is 3.16. The fraction of sp³-hybridized carbons (Fsp3) is 1.00. The first-order valence-corrected chi connectivity index (χ1v) is 3.20. The van der Waals surface area contributed by atoms with Gasteiger partial charge in [-0.3, -0.25) is 0 Å². The summed E-state index contributed by atoms with van der Waals surface area (Å²) in [5, 5.41) is 0. The summed E-state index contributed by atoms with van der Waals surface area (Å²) >= 11 is 4.59. The third kappa shape index (κ3) is 0.604. The summed E-state index contributed by atoms with van der Waals surface area (Å²) in [6, 6.07) is 0. The lowest BCUT2D eigenvalue weighted by atomic mass is 9.73.